The van der Waals surface area contributed by atoms with E-state index in [1.807, 2.05) is 32.9 Å². The lowest BCUT2D eigenvalue weighted by Gasteiger charge is -2.31. The van der Waals surface area contributed by atoms with Crippen LogP contribution in [0.3, 0.4) is 0 Å². The van der Waals surface area contributed by atoms with Crippen LogP contribution in [0.15, 0.2) is 40.8 Å². The molecular formula is C28H41N3O3. The van der Waals surface area contributed by atoms with Crippen molar-refractivity contribution in [3.05, 3.63) is 53.5 Å². The molecule has 0 spiro atoms. The molecule has 2 aromatic rings. The third-order valence-electron chi connectivity index (χ3n) is 7.36. The molecule has 2 atom stereocenters. The Morgan fingerprint density at radius 3 is 2.62 bits per heavy atom. The monoisotopic (exact) mass is 467 g/mol. The molecule has 186 valence electrons. The number of carbonyl (C=O) groups excluding carboxylic acids is 1. The maximum Gasteiger partial charge on any atom is 0.225 e. The molecule has 0 radical (unpaired) electrons. The zero-order chi connectivity index (χ0) is 24.1. The van der Waals surface area contributed by atoms with Crippen LogP contribution in [0.2, 0.25) is 0 Å². The number of hydrogen-bond donors (Lipinski definition) is 0. The van der Waals surface area contributed by atoms with Gasteiger partial charge in [-0.15, -0.1) is 0 Å². The molecule has 0 unspecified atom stereocenters. The lowest BCUT2D eigenvalue weighted by Crippen LogP contribution is -2.43. The fourth-order valence-electron chi connectivity index (χ4n) is 5.52. The third-order valence-corrected chi connectivity index (χ3v) is 7.36. The summed E-state index contributed by atoms with van der Waals surface area (Å²) < 4.78 is 11.4. The fourth-order valence-corrected chi connectivity index (χ4v) is 5.52. The summed E-state index contributed by atoms with van der Waals surface area (Å²) in [5, 5.41) is 0. The predicted octanol–water partition coefficient (Wildman–Crippen LogP) is 4.39. The summed E-state index contributed by atoms with van der Waals surface area (Å²) in [5.74, 6) is 3.84. The molecule has 0 saturated carbocycles. The highest BCUT2D eigenvalue weighted by atomic mass is 16.5. The molecule has 1 amide bonds. The number of ether oxygens (including phenoxy) is 1. The van der Waals surface area contributed by atoms with Crippen LogP contribution in [0, 0.1) is 18.8 Å². The van der Waals surface area contributed by atoms with Crippen LogP contribution >= 0.6 is 0 Å². The molecular weight excluding hydrogens is 426 g/mol. The smallest absolute Gasteiger partial charge is 0.225 e. The Balaban J connectivity index is 1.52. The number of carbonyl (C=O) groups is 1. The van der Waals surface area contributed by atoms with Gasteiger partial charge in [0.25, 0.3) is 0 Å². The molecule has 6 nitrogen and oxygen atoms in total. The fraction of sp³-hybridized carbons (Fsp3) is 0.607. The molecule has 2 aliphatic heterocycles. The molecule has 1 aromatic carbocycles. The Kier molecular flexibility index (Phi) is 8.32. The summed E-state index contributed by atoms with van der Waals surface area (Å²) in [6.45, 7) is 13.6. The van der Waals surface area contributed by atoms with Crippen LogP contribution in [-0.4, -0.2) is 73.5 Å². The minimum atomic E-state index is 0.0115. The second kappa shape index (κ2) is 11.4. The van der Waals surface area contributed by atoms with Crippen molar-refractivity contribution in [2.45, 2.75) is 46.1 Å². The van der Waals surface area contributed by atoms with E-state index in [0.29, 0.717) is 11.8 Å². The quantitative estimate of drug-likeness (QED) is 0.519. The summed E-state index contributed by atoms with van der Waals surface area (Å²) in [4.78, 5) is 20.3. The molecule has 0 N–H and O–H groups in total. The van der Waals surface area contributed by atoms with Crippen molar-refractivity contribution in [3.8, 4) is 5.75 Å². The first-order valence-electron chi connectivity index (χ1n) is 12.9. The van der Waals surface area contributed by atoms with Gasteiger partial charge in [0, 0.05) is 44.6 Å². The first-order valence-corrected chi connectivity index (χ1v) is 12.9. The van der Waals surface area contributed by atoms with Gasteiger partial charge in [-0.05, 0) is 68.6 Å². The molecule has 3 heterocycles. The van der Waals surface area contributed by atoms with E-state index in [1.54, 1.807) is 7.11 Å². The second-order valence-electron chi connectivity index (χ2n) is 10.3. The minimum Gasteiger partial charge on any atom is -0.497 e. The van der Waals surface area contributed by atoms with Crippen molar-refractivity contribution in [2.24, 2.45) is 11.8 Å². The van der Waals surface area contributed by atoms with Gasteiger partial charge in [-0.2, -0.15) is 0 Å². The molecule has 34 heavy (non-hydrogen) atoms. The summed E-state index contributed by atoms with van der Waals surface area (Å²) in [7, 11) is 1.72. The van der Waals surface area contributed by atoms with Crippen LogP contribution in [0.4, 0.5) is 0 Å². The zero-order valence-corrected chi connectivity index (χ0v) is 21.3. The summed E-state index contributed by atoms with van der Waals surface area (Å²) in [5.41, 5.74) is 1.29. The van der Waals surface area contributed by atoms with Gasteiger partial charge in [0.2, 0.25) is 5.91 Å². The molecule has 2 saturated heterocycles. The van der Waals surface area contributed by atoms with Crippen LogP contribution < -0.4 is 4.74 Å². The SMILES string of the molecule is COc1cccc([C@@H]2CN(Cc3ccc(C)o3)C[C@H]2CN(CCN2CCCC2)C(=O)C(C)C)c1. The van der Waals surface area contributed by atoms with Gasteiger partial charge in [0.05, 0.1) is 13.7 Å². The van der Waals surface area contributed by atoms with Crippen molar-refractivity contribution in [2.75, 3.05) is 52.9 Å². The Morgan fingerprint density at radius 1 is 1.15 bits per heavy atom. The molecule has 6 heteroatoms. The number of aryl methyl sites for hydroxylation is 1. The normalized spacial score (nSPS) is 21.4. The molecule has 1 aromatic heterocycles. The van der Waals surface area contributed by atoms with Gasteiger partial charge in [0.1, 0.15) is 17.3 Å². The van der Waals surface area contributed by atoms with E-state index in [4.69, 9.17) is 9.15 Å². The van der Waals surface area contributed by atoms with Gasteiger partial charge >= 0.3 is 0 Å². The van der Waals surface area contributed by atoms with E-state index in [0.717, 1.165) is 69.6 Å². The van der Waals surface area contributed by atoms with Crippen LogP contribution in [0.1, 0.15) is 49.7 Å². The molecule has 4 rings (SSSR count). The van der Waals surface area contributed by atoms with E-state index >= 15 is 0 Å². The highest BCUT2D eigenvalue weighted by molar-refractivity contribution is 5.78. The first kappa shape index (κ1) is 24.8. The number of hydrogen-bond acceptors (Lipinski definition) is 5. The minimum absolute atomic E-state index is 0.0115. The van der Waals surface area contributed by atoms with E-state index in [1.165, 1.54) is 18.4 Å². The third kappa shape index (κ3) is 6.22. The number of furan rings is 1. The largest absolute Gasteiger partial charge is 0.497 e. The lowest BCUT2D eigenvalue weighted by molar-refractivity contribution is -0.135. The van der Waals surface area contributed by atoms with Gasteiger partial charge in [-0.1, -0.05) is 26.0 Å². The number of nitrogens with zero attached hydrogens (tertiary/aromatic N) is 3. The van der Waals surface area contributed by atoms with Gasteiger partial charge in [0.15, 0.2) is 0 Å². The van der Waals surface area contributed by atoms with Gasteiger partial charge in [-0.25, -0.2) is 0 Å². The van der Waals surface area contributed by atoms with Crippen molar-refractivity contribution in [1.82, 2.24) is 14.7 Å². The van der Waals surface area contributed by atoms with E-state index in [2.05, 4.69) is 39.0 Å². The van der Waals surface area contributed by atoms with Crippen molar-refractivity contribution >= 4 is 5.91 Å². The average molecular weight is 468 g/mol. The molecule has 2 aliphatic rings. The van der Waals surface area contributed by atoms with Crippen molar-refractivity contribution in [1.29, 1.82) is 0 Å². The molecule has 0 aliphatic carbocycles. The van der Waals surface area contributed by atoms with Crippen molar-refractivity contribution in [3.63, 3.8) is 0 Å². The Morgan fingerprint density at radius 2 is 1.94 bits per heavy atom. The summed E-state index contributed by atoms with van der Waals surface area (Å²) >= 11 is 0. The predicted molar refractivity (Wildman–Crippen MR) is 135 cm³/mol. The maximum atomic E-state index is 13.2. The first-order chi connectivity index (χ1) is 16.4. The molecule has 2 fully saturated rings. The van der Waals surface area contributed by atoms with Crippen LogP contribution in [0.25, 0.3) is 0 Å². The Hall–Kier alpha value is -2.31. The second-order valence-corrected chi connectivity index (χ2v) is 10.3. The number of rotatable bonds is 10. The number of methoxy groups -OCH3 is 1. The van der Waals surface area contributed by atoms with E-state index < -0.39 is 0 Å². The maximum absolute atomic E-state index is 13.2. The summed E-state index contributed by atoms with van der Waals surface area (Å²) in [6, 6.07) is 12.6. The molecule has 0 bridgehead atoms. The van der Waals surface area contributed by atoms with Gasteiger partial charge < -0.3 is 19.0 Å². The average Bonchev–Trinajstić information content (AvgIpc) is 3.58. The van der Waals surface area contributed by atoms with Crippen molar-refractivity contribution < 1.29 is 13.9 Å². The Labute approximate surface area is 204 Å². The standard InChI is InChI=1S/C28H41N3O3/c1-21(2)28(32)31(15-14-29-12-5-6-13-29)18-24-17-30(19-26-11-10-22(3)34-26)20-27(24)23-8-7-9-25(16-23)33-4/h7-11,16,21,24,27H,5-6,12-15,17-20H2,1-4H3/t24-,27-/m0/s1. The van der Waals surface area contributed by atoms with Crippen LogP contribution in [0.5, 0.6) is 5.75 Å². The van der Waals surface area contributed by atoms with Gasteiger partial charge in [-0.3, -0.25) is 9.69 Å². The number of benzene rings is 1. The van der Waals surface area contributed by atoms with E-state index in [9.17, 15) is 4.79 Å². The highest BCUT2D eigenvalue weighted by Crippen LogP contribution is 2.36. The number of likely N-dealkylation sites (tertiary alicyclic amines) is 2. The zero-order valence-electron chi connectivity index (χ0n) is 21.3. The van der Waals surface area contributed by atoms with Crippen LogP contribution in [-0.2, 0) is 11.3 Å². The summed E-state index contributed by atoms with van der Waals surface area (Å²) in [6.07, 6.45) is 2.56. The topological polar surface area (TPSA) is 49.2 Å². The van der Waals surface area contributed by atoms with E-state index in [-0.39, 0.29) is 11.8 Å². The Bertz CT molecular complexity index is 934. The number of amides is 1. The highest BCUT2D eigenvalue weighted by Gasteiger charge is 2.36. The lowest BCUT2D eigenvalue weighted by atomic mass is 9.88.